The predicted octanol–water partition coefficient (Wildman–Crippen LogP) is 2.76. The van der Waals surface area contributed by atoms with E-state index in [2.05, 4.69) is 57.1 Å². The van der Waals surface area contributed by atoms with Gasteiger partial charge in [0.15, 0.2) is 5.69 Å². The van der Waals surface area contributed by atoms with E-state index in [9.17, 15) is 4.79 Å². The summed E-state index contributed by atoms with van der Waals surface area (Å²) in [4.78, 5) is 17.0. The smallest absolute Gasteiger partial charge is 0.275 e. The number of nitrogens with zero attached hydrogens (tertiary/aromatic N) is 4. The van der Waals surface area contributed by atoms with Crippen LogP contribution in [0.3, 0.4) is 0 Å². The fourth-order valence-corrected chi connectivity index (χ4v) is 3.51. The molecule has 1 aliphatic rings. The van der Waals surface area contributed by atoms with Crippen LogP contribution in [0.2, 0.25) is 0 Å². The van der Waals surface area contributed by atoms with Crippen molar-refractivity contribution in [2.45, 2.75) is 20.4 Å². The maximum absolute atomic E-state index is 12.7. The second-order valence-corrected chi connectivity index (χ2v) is 7.16. The minimum atomic E-state index is 0.0149. The lowest BCUT2D eigenvalue weighted by molar-refractivity contribution is 0.0621. The van der Waals surface area contributed by atoms with E-state index in [1.165, 1.54) is 11.1 Å². The van der Waals surface area contributed by atoms with Crippen molar-refractivity contribution < 1.29 is 4.79 Å². The summed E-state index contributed by atoms with van der Waals surface area (Å²) in [5.74, 6) is 0.0149. The second kappa shape index (κ2) is 7.07. The molecule has 128 valence electrons. The molecule has 2 heterocycles. The van der Waals surface area contributed by atoms with Crippen molar-refractivity contribution in [3.63, 3.8) is 0 Å². The van der Waals surface area contributed by atoms with Gasteiger partial charge in [-0.3, -0.25) is 14.4 Å². The molecule has 24 heavy (non-hydrogen) atoms. The summed E-state index contributed by atoms with van der Waals surface area (Å²) < 4.78 is 2.54. The maximum atomic E-state index is 12.7. The van der Waals surface area contributed by atoms with Gasteiger partial charge in [-0.2, -0.15) is 5.10 Å². The van der Waals surface area contributed by atoms with Gasteiger partial charge in [-0.15, -0.1) is 0 Å². The fourth-order valence-electron chi connectivity index (χ4n) is 3.01. The Hall–Kier alpha value is -1.66. The number of rotatable bonds is 3. The molecule has 6 heteroatoms. The predicted molar refractivity (Wildman–Crippen MR) is 98.0 cm³/mol. The Morgan fingerprint density at radius 3 is 2.42 bits per heavy atom. The highest BCUT2D eigenvalue weighted by Gasteiger charge is 2.26. The molecule has 0 atom stereocenters. The van der Waals surface area contributed by atoms with E-state index in [1.807, 2.05) is 18.9 Å². The van der Waals surface area contributed by atoms with Crippen LogP contribution >= 0.6 is 15.9 Å². The Morgan fingerprint density at radius 1 is 1.17 bits per heavy atom. The van der Waals surface area contributed by atoms with Crippen LogP contribution < -0.4 is 0 Å². The average molecular weight is 391 g/mol. The monoisotopic (exact) mass is 390 g/mol. The number of hydrogen-bond acceptors (Lipinski definition) is 3. The summed E-state index contributed by atoms with van der Waals surface area (Å²) in [5.41, 5.74) is 4.17. The lowest BCUT2D eigenvalue weighted by Crippen LogP contribution is -2.48. The number of hydrogen-bond donors (Lipinski definition) is 0. The third-order valence-corrected chi connectivity index (χ3v) is 5.73. The Balaban J connectivity index is 1.61. The number of halogens is 1. The summed E-state index contributed by atoms with van der Waals surface area (Å²) in [6.45, 7) is 8.32. The highest BCUT2D eigenvalue weighted by molar-refractivity contribution is 9.10. The first-order valence-corrected chi connectivity index (χ1v) is 9.02. The maximum Gasteiger partial charge on any atom is 0.275 e. The van der Waals surface area contributed by atoms with Gasteiger partial charge in [0, 0.05) is 39.8 Å². The largest absolute Gasteiger partial charge is 0.335 e. The van der Waals surface area contributed by atoms with Gasteiger partial charge in [0.2, 0.25) is 0 Å². The van der Waals surface area contributed by atoms with Crippen LogP contribution in [0.5, 0.6) is 0 Å². The summed E-state index contributed by atoms with van der Waals surface area (Å²) in [5, 5.41) is 4.35. The summed E-state index contributed by atoms with van der Waals surface area (Å²) >= 11 is 3.49. The zero-order chi connectivity index (χ0) is 17.3. The SMILES string of the molecule is Cc1ccccc1CN1CCN(C(=O)c2nn(C)c(C)c2Br)CC1. The van der Waals surface area contributed by atoms with Crippen molar-refractivity contribution >= 4 is 21.8 Å². The van der Waals surface area contributed by atoms with Crippen molar-refractivity contribution in [2.24, 2.45) is 7.05 Å². The molecule has 0 aliphatic carbocycles. The molecule has 1 amide bonds. The van der Waals surface area contributed by atoms with Crippen molar-refractivity contribution in [2.75, 3.05) is 26.2 Å². The van der Waals surface area contributed by atoms with Crippen molar-refractivity contribution in [1.29, 1.82) is 0 Å². The zero-order valence-electron chi connectivity index (χ0n) is 14.4. The molecular formula is C18H23BrN4O. The lowest BCUT2D eigenvalue weighted by Gasteiger charge is -2.34. The normalized spacial score (nSPS) is 15.8. The van der Waals surface area contributed by atoms with E-state index < -0.39 is 0 Å². The minimum absolute atomic E-state index is 0.0149. The summed E-state index contributed by atoms with van der Waals surface area (Å²) in [6, 6.07) is 8.49. The average Bonchev–Trinajstić information content (AvgIpc) is 2.84. The van der Waals surface area contributed by atoms with Crippen LogP contribution in [0.15, 0.2) is 28.7 Å². The summed E-state index contributed by atoms with van der Waals surface area (Å²) in [6.07, 6.45) is 0. The van der Waals surface area contributed by atoms with Gasteiger partial charge in [-0.05, 0) is 40.9 Å². The molecule has 0 N–H and O–H groups in total. The van der Waals surface area contributed by atoms with Crippen LogP contribution in [0, 0.1) is 13.8 Å². The van der Waals surface area contributed by atoms with Gasteiger partial charge >= 0.3 is 0 Å². The molecule has 0 radical (unpaired) electrons. The summed E-state index contributed by atoms with van der Waals surface area (Å²) in [7, 11) is 1.86. The van der Waals surface area contributed by atoms with E-state index in [4.69, 9.17) is 0 Å². The number of aromatic nitrogens is 2. The van der Waals surface area contributed by atoms with Crippen LogP contribution in [0.1, 0.15) is 27.3 Å². The Bertz CT molecular complexity index is 747. The fraction of sp³-hybridized carbons (Fsp3) is 0.444. The highest BCUT2D eigenvalue weighted by Crippen LogP contribution is 2.22. The molecular weight excluding hydrogens is 368 g/mol. The van der Waals surface area contributed by atoms with Crippen molar-refractivity contribution in [1.82, 2.24) is 19.6 Å². The van der Waals surface area contributed by atoms with Crippen LogP contribution in [0.25, 0.3) is 0 Å². The standard InChI is InChI=1S/C18H23BrN4O/c1-13-6-4-5-7-15(13)12-22-8-10-23(11-9-22)18(24)17-16(19)14(2)21(3)20-17/h4-7H,8-12H2,1-3H3. The molecule has 1 aromatic heterocycles. The molecule has 0 spiro atoms. The first-order valence-electron chi connectivity index (χ1n) is 8.22. The molecule has 1 fully saturated rings. The van der Waals surface area contributed by atoms with Crippen molar-refractivity contribution in [3.8, 4) is 0 Å². The van der Waals surface area contributed by atoms with Crippen LogP contribution in [-0.4, -0.2) is 51.7 Å². The molecule has 3 rings (SSSR count). The molecule has 0 bridgehead atoms. The third-order valence-electron chi connectivity index (χ3n) is 4.78. The van der Waals surface area contributed by atoms with E-state index in [1.54, 1.807) is 4.68 Å². The number of aryl methyl sites for hydroxylation is 2. The number of benzene rings is 1. The Morgan fingerprint density at radius 2 is 1.83 bits per heavy atom. The van der Waals surface area contributed by atoms with Crippen molar-refractivity contribution in [3.05, 3.63) is 51.3 Å². The van der Waals surface area contributed by atoms with E-state index in [-0.39, 0.29) is 5.91 Å². The van der Waals surface area contributed by atoms with Gasteiger partial charge in [-0.1, -0.05) is 24.3 Å². The minimum Gasteiger partial charge on any atom is -0.335 e. The molecule has 1 aliphatic heterocycles. The van der Waals surface area contributed by atoms with Crippen LogP contribution in [-0.2, 0) is 13.6 Å². The first-order chi connectivity index (χ1) is 11.5. The topological polar surface area (TPSA) is 41.4 Å². The Labute approximate surface area is 151 Å². The van der Waals surface area contributed by atoms with E-state index in [0.29, 0.717) is 5.69 Å². The first kappa shape index (κ1) is 17.2. The number of carbonyl (C=O) groups is 1. The third kappa shape index (κ3) is 3.39. The molecule has 1 aromatic carbocycles. The number of carbonyl (C=O) groups excluding carboxylic acids is 1. The lowest BCUT2D eigenvalue weighted by atomic mass is 10.1. The Kier molecular flexibility index (Phi) is 5.06. The second-order valence-electron chi connectivity index (χ2n) is 6.37. The van der Waals surface area contributed by atoms with Crippen LogP contribution in [0.4, 0.5) is 0 Å². The quantitative estimate of drug-likeness (QED) is 0.808. The molecule has 2 aromatic rings. The molecule has 0 unspecified atom stereocenters. The van der Waals surface area contributed by atoms with E-state index >= 15 is 0 Å². The van der Waals surface area contributed by atoms with Gasteiger partial charge in [0.25, 0.3) is 5.91 Å². The van der Waals surface area contributed by atoms with E-state index in [0.717, 1.165) is 42.9 Å². The highest BCUT2D eigenvalue weighted by atomic mass is 79.9. The van der Waals surface area contributed by atoms with Gasteiger partial charge in [-0.25, -0.2) is 0 Å². The molecule has 1 saturated heterocycles. The van der Waals surface area contributed by atoms with Gasteiger partial charge in [0.1, 0.15) is 0 Å². The van der Waals surface area contributed by atoms with Gasteiger partial charge in [0.05, 0.1) is 10.2 Å². The number of piperazine rings is 1. The zero-order valence-corrected chi connectivity index (χ0v) is 16.0. The molecule has 0 saturated carbocycles. The molecule has 5 nitrogen and oxygen atoms in total. The van der Waals surface area contributed by atoms with Gasteiger partial charge < -0.3 is 4.90 Å². The number of amides is 1.